The van der Waals surface area contributed by atoms with Crippen LogP contribution >= 0.6 is 11.6 Å². The van der Waals surface area contributed by atoms with Gasteiger partial charge in [0.25, 0.3) is 5.56 Å². The number of aromatic nitrogens is 4. The maximum absolute atomic E-state index is 13.8. The van der Waals surface area contributed by atoms with Crippen LogP contribution < -0.4 is 11.2 Å². The van der Waals surface area contributed by atoms with Crippen molar-refractivity contribution in [3.8, 4) is 0 Å². The van der Waals surface area contributed by atoms with Gasteiger partial charge in [0, 0.05) is 32.0 Å². The summed E-state index contributed by atoms with van der Waals surface area (Å²) in [5.41, 5.74) is -0.120. The second-order valence-corrected chi connectivity index (χ2v) is 8.61. The smallest absolute Gasteiger partial charge is 0.332 e. The molecular weight excluding hydrogens is 468 g/mol. The highest BCUT2D eigenvalue weighted by Crippen LogP contribution is 2.24. The fourth-order valence-electron chi connectivity index (χ4n) is 3.92. The van der Waals surface area contributed by atoms with Gasteiger partial charge in [-0.2, -0.15) is 0 Å². The summed E-state index contributed by atoms with van der Waals surface area (Å²) in [5.74, 6) is -0.480. The largest absolute Gasteiger partial charge is 0.425 e. The number of rotatable bonds is 10. The third kappa shape index (κ3) is 5.16. The van der Waals surface area contributed by atoms with Crippen LogP contribution in [0.15, 0.2) is 37.2 Å². The molecule has 180 valence electrons. The minimum Gasteiger partial charge on any atom is -0.425 e. The number of unbranched alkanes of at least 4 members (excludes halogenated alkanes) is 2. The summed E-state index contributed by atoms with van der Waals surface area (Å²) in [4.78, 5) is 30.2. The number of aryl methyl sites for hydroxylation is 1. The first-order chi connectivity index (χ1) is 16.4. The van der Waals surface area contributed by atoms with Crippen molar-refractivity contribution in [2.24, 2.45) is 4.99 Å². The second-order valence-electron chi connectivity index (χ2n) is 8.17. The Bertz CT molecular complexity index is 1350. The Kier molecular flexibility index (Phi) is 7.35. The highest BCUT2D eigenvalue weighted by Gasteiger charge is 2.24. The monoisotopic (exact) mass is 491 g/mol. The SMILES string of the molecule is CCCCCn1c2c(c(=O)n(CCCc3nnc(Cc4ccc(F)cc4F)o3)c1=O)CC(Cl)=N2. The summed E-state index contributed by atoms with van der Waals surface area (Å²) in [6.07, 6.45) is 3.75. The van der Waals surface area contributed by atoms with Gasteiger partial charge in [0.1, 0.15) is 22.6 Å². The minimum absolute atomic E-state index is 0.0343. The third-order valence-electron chi connectivity index (χ3n) is 5.66. The summed E-state index contributed by atoms with van der Waals surface area (Å²) >= 11 is 6.07. The van der Waals surface area contributed by atoms with Gasteiger partial charge in [-0.05, 0) is 24.5 Å². The van der Waals surface area contributed by atoms with Gasteiger partial charge in [-0.3, -0.25) is 13.9 Å². The summed E-state index contributed by atoms with van der Waals surface area (Å²) < 4.78 is 35.2. The molecule has 0 unspecified atom stereocenters. The number of nitrogens with zero attached hydrogens (tertiary/aromatic N) is 5. The molecular formula is C23H24ClF2N5O3. The van der Waals surface area contributed by atoms with Gasteiger partial charge < -0.3 is 4.42 Å². The summed E-state index contributed by atoms with van der Waals surface area (Å²) in [6, 6.07) is 3.29. The first-order valence-corrected chi connectivity index (χ1v) is 11.6. The molecule has 1 aliphatic heterocycles. The number of halogens is 3. The van der Waals surface area contributed by atoms with Crippen LogP contribution in [0.3, 0.4) is 0 Å². The third-order valence-corrected chi connectivity index (χ3v) is 5.88. The van der Waals surface area contributed by atoms with E-state index in [-0.39, 0.29) is 36.4 Å². The van der Waals surface area contributed by atoms with Crippen LogP contribution in [-0.2, 0) is 32.4 Å². The van der Waals surface area contributed by atoms with Crippen LogP contribution in [0.1, 0.15) is 55.5 Å². The highest BCUT2D eigenvalue weighted by molar-refractivity contribution is 6.66. The molecule has 0 fully saturated rings. The molecule has 1 aliphatic rings. The number of hydrogen-bond donors (Lipinski definition) is 0. The predicted octanol–water partition coefficient (Wildman–Crippen LogP) is 3.91. The molecule has 11 heteroatoms. The van der Waals surface area contributed by atoms with Crippen molar-refractivity contribution in [2.45, 2.75) is 65.0 Å². The standard InChI is InChI=1S/C23H24ClF2N5O3/c1-2-3-4-9-30-21-16(13-18(24)27-21)22(32)31(23(30)33)10-5-6-19-28-29-20(34-19)11-14-7-8-15(25)12-17(14)26/h7-8,12H,2-6,9-11,13H2,1H3. The fourth-order valence-corrected chi connectivity index (χ4v) is 4.14. The molecule has 2 aromatic heterocycles. The maximum atomic E-state index is 13.8. The van der Waals surface area contributed by atoms with Crippen molar-refractivity contribution in [3.05, 3.63) is 73.6 Å². The van der Waals surface area contributed by atoms with Crippen molar-refractivity contribution in [3.63, 3.8) is 0 Å². The zero-order chi connectivity index (χ0) is 24.2. The summed E-state index contributed by atoms with van der Waals surface area (Å²) in [5, 5.41) is 8.15. The van der Waals surface area contributed by atoms with Crippen LogP contribution in [0.4, 0.5) is 14.6 Å². The van der Waals surface area contributed by atoms with E-state index < -0.39 is 17.3 Å². The van der Waals surface area contributed by atoms with Crippen LogP contribution in [0.2, 0.25) is 0 Å². The van der Waals surface area contributed by atoms with Gasteiger partial charge in [-0.15, -0.1) is 10.2 Å². The Balaban J connectivity index is 1.45. The first-order valence-electron chi connectivity index (χ1n) is 11.2. The average Bonchev–Trinajstić information content (AvgIpc) is 3.41. The van der Waals surface area contributed by atoms with Crippen molar-refractivity contribution < 1.29 is 13.2 Å². The van der Waals surface area contributed by atoms with Crippen molar-refractivity contribution >= 4 is 22.6 Å². The minimum atomic E-state index is -0.685. The van der Waals surface area contributed by atoms with Gasteiger partial charge in [-0.1, -0.05) is 37.4 Å². The highest BCUT2D eigenvalue weighted by atomic mass is 35.5. The van der Waals surface area contributed by atoms with E-state index in [9.17, 15) is 18.4 Å². The number of hydrogen-bond acceptors (Lipinski definition) is 6. The van der Waals surface area contributed by atoms with Crippen molar-refractivity contribution in [2.75, 3.05) is 0 Å². The quantitative estimate of drug-likeness (QED) is 0.401. The molecule has 34 heavy (non-hydrogen) atoms. The summed E-state index contributed by atoms with van der Waals surface area (Å²) in [7, 11) is 0. The van der Waals surface area contributed by atoms with Gasteiger partial charge in [0.05, 0.1) is 12.0 Å². The molecule has 0 saturated carbocycles. The molecule has 3 heterocycles. The Labute approximate surface area is 198 Å². The molecule has 0 saturated heterocycles. The average molecular weight is 492 g/mol. The lowest BCUT2D eigenvalue weighted by atomic mass is 10.1. The molecule has 1 aromatic carbocycles. The first kappa shape index (κ1) is 24.0. The van der Waals surface area contributed by atoms with E-state index in [4.69, 9.17) is 16.0 Å². The van der Waals surface area contributed by atoms with E-state index in [1.165, 1.54) is 15.2 Å². The zero-order valence-corrected chi connectivity index (χ0v) is 19.4. The molecule has 0 amide bonds. The Hall–Kier alpha value is -3.14. The zero-order valence-electron chi connectivity index (χ0n) is 18.7. The molecule has 4 rings (SSSR count). The lowest BCUT2D eigenvalue weighted by Crippen LogP contribution is -2.41. The molecule has 0 spiro atoms. The number of aliphatic imine (C=N–C) groups is 1. The lowest BCUT2D eigenvalue weighted by molar-refractivity contribution is 0.437. The van der Waals surface area contributed by atoms with Gasteiger partial charge in [0.2, 0.25) is 11.8 Å². The fraction of sp³-hybridized carbons (Fsp3) is 0.435. The summed E-state index contributed by atoms with van der Waals surface area (Å²) in [6.45, 7) is 2.71. The van der Waals surface area contributed by atoms with Crippen LogP contribution in [0.25, 0.3) is 0 Å². The predicted molar refractivity (Wildman–Crippen MR) is 123 cm³/mol. The maximum Gasteiger partial charge on any atom is 0.332 e. The van der Waals surface area contributed by atoms with E-state index in [1.54, 1.807) is 0 Å². The van der Waals surface area contributed by atoms with Crippen LogP contribution in [0.5, 0.6) is 0 Å². The molecule has 0 radical (unpaired) electrons. The molecule has 0 aliphatic carbocycles. The Morgan fingerprint density at radius 3 is 2.59 bits per heavy atom. The molecule has 0 N–H and O–H groups in total. The van der Waals surface area contributed by atoms with E-state index in [0.29, 0.717) is 41.8 Å². The lowest BCUT2D eigenvalue weighted by Gasteiger charge is -2.13. The molecule has 3 aromatic rings. The molecule has 8 nitrogen and oxygen atoms in total. The van der Waals surface area contributed by atoms with E-state index in [1.807, 2.05) is 0 Å². The van der Waals surface area contributed by atoms with E-state index in [2.05, 4.69) is 22.1 Å². The van der Waals surface area contributed by atoms with Gasteiger partial charge >= 0.3 is 5.69 Å². The van der Waals surface area contributed by atoms with Gasteiger partial charge in [0.15, 0.2) is 0 Å². The number of fused-ring (bicyclic) bond motifs is 1. The van der Waals surface area contributed by atoms with E-state index in [0.717, 1.165) is 31.4 Å². The topological polar surface area (TPSA) is 95.3 Å². The Morgan fingerprint density at radius 1 is 1.06 bits per heavy atom. The Morgan fingerprint density at radius 2 is 1.82 bits per heavy atom. The number of benzene rings is 1. The van der Waals surface area contributed by atoms with Crippen LogP contribution in [0, 0.1) is 11.6 Å². The van der Waals surface area contributed by atoms with Gasteiger partial charge in [-0.25, -0.2) is 18.6 Å². The molecule has 0 atom stereocenters. The van der Waals surface area contributed by atoms with Crippen LogP contribution in [-0.4, -0.2) is 24.5 Å². The van der Waals surface area contributed by atoms with Crippen molar-refractivity contribution in [1.29, 1.82) is 0 Å². The second kappa shape index (κ2) is 10.4. The molecule has 0 bridgehead atoms. The normalized spacial score (nSPS) is 12.8. The van der Waals surface area contributed by atoms with Crippen molar-refractivity contribution in [1.82, 2.24) is 19.3 Å². The van der Waals surface area contributed by atoms with E-state index >= 15 is 0 Å².